The Morgan fingerprint density at radius 1 is 0.946 bits per heavy atom. The Balaban J connectivity index is 3.14. The molecule has 0 aromatic heterocycles. The maximum Gasteiger partial charge on any atom is 0.322 e. The number of phenols is 2. The molecule has 0 saturated carbocycles. The number of aliphatic imine (C=N–C) groups is 1. The van der Waals surface area contributed by atoms with Gasteiger partial charge in [0.05, 0.1) is 12.5 Å². The highest BCUT2D eigenvalue weighted by molar-refractivity contribution is 5.94. The third-order valence-electron chi connectivity index (χ3n) is 4.88. The van der Waals surface area contributed by atoms with Crippen LogP contribution in [0.1, 0.15) is 24.8 Å². The predicted octanol–water partition coefficient (Wildman–Crippen LogP) is -3.93. The monoisotopic (exact) mass is 524 g/mol. The number of aliphatic carboxylic acids is 1. The fourth-order valence-electron chi connectivity index (χ4n) is 3.07. The number of carbonyl (C=O) groups excluding carboxylic acids is 4. The second-order valence-electron chi connectivity index (χ2n) is 7.98. The van der Waals surface area contributed by atoms with Crippen LogP contribution >= 0.6 is 0 Å². The first kappa shape index (κ1) is 30.4. The molecule has 1 rings (SSSR count). The molecule has 4 amide bonds. The zero-order valence-corrected chi connectivity index (χ0v) is 19.8. The van der Waals surface area contributed by atoms with Crippen LogP contribution in [0.15, 0.2) is 23.2 Å². The van der Waals surface area contributed by atoms with E-state index in [0.717, 1.165) is 6.07 Å². The summed E-state index contributed by atoms with van der Waals surface area (Å²) in [6.07, 6.45) is -0.580. The Hall–Kier alpha value is -4.60. The van der Waals surface area contributed by atoms with Gasteiger partial charge in [0.1, 0.15) is 30.1 Å². The molecule has 0 aliphatic heterocycles. The van der Waals surface area contributed by atoms with Crippen LogP contribution in [0, 0.1) is 0 Å². The lowest BCUT2D eigenvalue weighted by molar-refractivity contribution is -0.138. The average Bonchev–Trinajstić information content (AvgIpc) is 2.79. The topological polar surface area (TPSA) is 299 Å². The van der Waals surface area contributed by atoms with E-state index >= 15 is 0 Å². The molecule has 1 aromatic carbocycles. The number of carboxylic acids is 1. The number of nitrogens with zero attached hydrogens (tertiary/aromatic N) is 1. The standard InChI is InChI=1S/C21H32N8O8/c22-12(8-16(23)32)18(35)29-14(6-10-3-4-11(30)7-15(10)31)20(37)28-13(2-1-5-26-21(24)25)19(36)27-9-17(33)34/h3-4,7,12-14,30-31H,1-2,5-6,8-9,22H2,(H2,23,32)(H,27,36)(H,28,37)(H,29,35)(H,33,34)(H4,24,25,26)/t12-,13-,14-/m0/s1. The van der Waals surface area contributed by atoms with Crippen molar-refractivity contribution in [3.8, 4) is 11.5 Å². The second-order valence-corrected chi connectivity index (χ2v) is 7.98. The van der Waals surface area contributed by atoms with Crippen molar-refractivity contribution in [2.24, 2.45) is 27.9 Å². The third-order valence-corrected chi connectivity index (χ3v) is 4.88. The lowest BCUT2D eigenvalue weighted by Crippen LogP contribution is -2.57. The first-order chi connectivity index (χ1) is 17.3. The van der Waals surface area contributed by atoms with Crippen molar-refractivity contribution >= 4 is 35.6 Å². The van der Waals surface area contributed by atoms with Crippen LogP contribution in [0.4, 0.5) is 0 Å². The third kappa shape index (κ3) is 11.6. The van der Waals surface area contributed by atoms with Crippen LogP contribution in [0.5, 0.6) is 11.5 Å². The molecule has 37 heavy (non-hydrogen) atoms. The summed E-state index contributed by atoms with van der Waals surface area (Å²) in [6.45, 7) is -0.590. The molecular formula is C21H32N8O8. The number of rotatable bonds is 15. The number of hydrogen-bond acceptors (Lipinski definition) is 9. The molecule has 0 spiro atoms. The summed E-state index contributed by atoms with van der Waals surface area (Å²) in [5.74, 6) is -5.57. The Morgan fingerprint density at radius 3 is 2.16 bits per heavy atom. The molecule has 16 nitrogen and oxygen atoms in total. The normalized spacial score (nSPS) is 12.9. The van der Waals surface area contributed by atoms with Gasteiger partial charge in [-0.1, -0.05) is 6.07 Å². The highest BCUT2D eigenvalue weighted by atomic mass is 16.4. The summed E-state index contributed by atoms with van der Waals surface area (Å²) >= 11 is 0. The largest absolute Gasteiger partial charge is 0.508 e. The van der Waals surface area contributed by atoms with Crippen LogP contribution in [-0.4, -0.2) is 82.1 Å². The number of benzene rings is 1. The molecule has 0 bridgehead atoms. The Labute approximate surface area is 211 Å². The fraction of sp³-hybridized carbons (Fsp3) is 0.429. The summed E-state index contributed by atoms with van der Waals surface area (Å²) in [5, 5.41) is 35.4. The molecule has 0 aliphatic carbocycles. The minimum atomic E-state index is -1.41. The molecule has 1 aromatic rings. The highest BCUT2D eigenvalue weighted by Crippen LogP contribution is 2.23. The van der Waals surface area contributed by atoms with E-state index in [4.69, 9.17) is 28.0 Å². The first-order valence-corrected chi connectivity index (χ1v) is 11.0. The molecule has 16 heteroatoms. The van der Waals surface area contributed by atoms with E-state index in [9.17, 15) is 34.2 Å². The van der Waals surface area contributed by atoms with Gasteiger partial charge in [-0.15, -0.1) is 0 Å². The average molecular weight is 525 g/mol. The molecule has 0 radical (unpaired) electrons. The Kier molecular flexibility index (Phi) is 12.1. The molecule has 0 fully saturated rings. The number of nitrogens with one attached hydrogen (secondary N) is 3. The van der Waals surface area contributed by atoms with Gasteiger partial charge < -0.3 is 54.2 Å². The molecule has 0 aliphatic rings. The number of hydrogen-bond donors (Lipinski definition) is 10. The number of carboxylic acid groups (broad SMARTS) is 1. The van der Waals surface area contributed by atoms with E-state index in [1.807, 2.05) is 0 Å². The van der Waals surface area contributed by atoms with Gasteiger partial charge in [-0.3, -0.25) is 29.0 Å². The van der Waals surface area contributed by atoms with Gasteiger partial charge in [0.15, 0.2) is 5.96 Å². The van der Waals surface area contributed by atoms with Crippen LogP contribution in [-0.2, 0) is 30.4 Å². The van der Waals surface area contributed by atoms with Crippen LogP contribution < -0.4 is 38.9 Å². The van der Waals surface area contributed by atoms with Gasteiger partial charge in [-0.05, 0) is 24.5 Å². The summed E-state index contributed by atoms with van der Waals surface area (Å²) in [4.78, 5) is 63.9. The molecule has 0 heterocycles. The minimum Gasteiger partial charge on any atom is -0.508 e. The summed E-state index contributed by atoms with van der Waals surface area (Å²) in [5.41, 5.74) is 21.4. The van der Waals surface area contributed by atoms with E-state index in [0.29, 0.717) is 0 Å². The van der Waals surface area contributed by atoms with Crippen LogP contribution in [0.2, 0.25) is 0 Å². The number of aromatic hydroxyl groups is 2. The molecule has 204 valence electrons. The van der Waals surface area contributed by atoms with Crippen molar-refractivity contribution in [2.45, 2.75) is 43.8 Å². The van der Waals surface area contributed by atoms with Crippen molar-refractivity contribution in [3.05, 3.63) is 23.8 Å². The zero-order chi connectivity index (χ0) is 28.1. The molecule has 3 atom stereocenters. The van der Waals surface area contributed by atoms with Gasteiger partial charge in [-0.25, -0.2) is 0 Å². The van der Waals surface area contributed by atoms with Crippen molar-refractivity contribution in [1.29, 1.82) is 0 Å². The van der Waals surface area contributed by atoms with E-state index in [1.165, 1.54) is 12.1 Å². The highest BCUT2D eigenvalue weighted by Gasteiger charge is 2.29. The van der Waals surface area contributed by atoms with Crippen molar-refractivity contribution in [3.63, 3.8) is 0 Å². The Bertz CT molecular complexity index is 1030. The van der Waals surface area contributed by atoms with E-state index in [2.05, 4.69) is 20.9 Å². The van der Waals surface area contributed by atoms with Gasteiger partial charge in [0, 0.05) is 19.0 Å². The van der Waals surface area contributed by atoms with Gasteiger partial charge >= 0.3 is 5.97 Å². The number of nitrogens with two attached hydrogens (primary N) is 4. The number of primary amides is 1. The lowest BCUT2D eigenvalue weighted by atomic mass is 10.0. The van der Waals surface area contributed by atoms with Crippen LogP contribution in [0.3, 0.4) is 0 Å². The summed E-state index contributed by atoms with van der Waals surface area (Å²) in [6, 6.07) is -0.446. The minimum absolute atomic E-state index is 0.000285. The maximum atomic E-state index is 13.1. The second kappa shape index (κ2) is 14.7. The lowest BCUT2D eigenvalue weighted by Gasteiger charge is -2.24. The molecule has 0 saturated heterocycles. The Morgan fingerprint density at radius 2 is 1.59 bits per heavy atom. The van der Waals surface area contributed by atoms with Crippen molar-refractivity contribution in [2.75, 3.05) is 13.1 Å². The number of carbonyl (C=O) groups is 5. The van der Waals surface area contributed by atoms with E-state index in [-0.39, 0.29) is 48.8 Å². The number of guanidine groups is 1. The van der Waals surface area contributed by atoms with Crippen molar-refractivity contribution in [1.82, 2.24) is 16.0 Å². The smallest absolute Gasteiger partial charge is 0.322 e. The molecular weight excluding hydrogens is 492 g/mol. The molecule has 0 unspecified atom stereocenters. The van der Waals surface area contributed by atoms with E-state index in [1.54, 1.807) is 0 Å². The SMILES string of the molecule is NC(=O)C[C@H](N)C(=O)N[C@@H](Cc1ccc(O)cc1O)C(=O)N[C@@H](CCCN=C(N)N)C(=O)NCC(=O)O. The van der Waals surface area contributed by atoms with Crippen molar-refractivity contribution < 1.29 is 39.3 Å². The van der Waals surface area contributed by atoms with Gasteiger partial charge in [0.2, 0.25) is 23.6 Å². The van der Waals surface area contributed by atoms with Gasteiger partial charge in [-0.2, -0.15) is 0 Å². The summed E-state index contributed by atoms with van der Waals surface area (Å²) in [7, 11) is 0. The number of phenolic OH excluding ortho intramolecular Hbond substituents is 2. The molecule has 14 N–H and O–H groups in total. The summed E-state index contributed by atoms with van der Waals surface area (Å²) < 4.78 is 0. The van der Waals surface area contributed by atoms with E-state index < -0.39 is 60.7 Å². The quantitative estimate of drug-likeness (QED) is 0.0600. The maximum absolute atomic E-state index is 13.1. The zero-order valence-electron chi connectivity index (χ0n) is 19.8. The first-order valence-electron chi connectivity index (χ1n) is 11.0. The number of amides is 4. The van der Waals surface area contributed by atoms with Crippen LogP contribution in [0.25, 0.3) is 0 Å². The van der Waals surface area contributed by atoms with Gasteiger partial charge in [0.25, 0.3) is 0 Å². The predicted molar refractivity (Wildman–Crippen MR) is 130 cm³/mol. The fourth-order valence-corrected chi connectivity index (χ4v) is 3.07.